The largest absolute Gasteiger partial charge is 0.466 e. The average Bonchev–Trinajstić information content (AvgIpc) is 2.80. The molecule has 0 radical (unpaired) electrons. The van der Waals surface area contributed by atoms with Crippen LogP contribution in [0.1, 0.15) is 40.9 Å². The smallest absolute Gasteiger partial charge is 0.308 e. The summed E-state index contributed by atoms with van der Waals surface area (Å²) in [5.41, 5.74) is 1.75. The highest BCUT2D eigenvalue weighted by atomic mass is 16.5. The van der Waals surface area contributed by atoms with Crippen molar-refractivity contribution >= 4 is 11.9 Å². The first-order valence-corrected chi connectivity index (χ1v) is 9.88. The second kappa shape index (κ2) is 10.6. The van der Waals surface area contributed by atoms with Gasteiger partial charge in [-0.25, -0.2) is 0 Å². The van der Waals surface area contributed by atoms with Crippen LogP contribution in [0.4, 0.5) is 0 Å². The monoisotopic (exact) mass is 414 g/mol. The van der Waals surface area contributed by atoms with Crippen LogP contribution in [-0.2, 0) is 9.53 Å². The molecule has 0 bridgehead atoms. The van der Waals surface area contributed by atoms with Gasteiger partial charge >= 0.3 is 5.97 Å². The molecule has 31 heavy (non-hydrogen) atoms. The molecule has 0 aliphatic heterocycles. The van der Waals surface area contributed by atoms with Gasteiger partial charge in [-0.15, -0.1) is 0 Å². The summed E-state index contributed by atoms with van der Waals surface area (Å²) in [5, 5.41) is 11.8. The molecule has 6 heteroatoms. The van der Waals surface area contributed by atoms with Crippen LogP contribution in [0.25, 0.3) is 0 Å². The molecule has 1 atom stereocenters. The first kappa shape index (κ1) is 21.6. The lowest BCUT2D eigenvalue weighted by Crippen LogP contribution is -2.30. The number of benzene rings is 3. The van der Waals surface area contributed by atoms with E-state index >= 15 is 0 Å². The van der Waals surface area contributed by atoms with Gasteiger partial charge < -0.3 is 14.8 Å². The van der Waals surface area contributed by atoms with Gasteiger partial charge in [0.25, 0.3) is 5.91 Å². The quantitative estimate of drug-likeness (QED) is 0.536. The van der Waals surface area contributed by atoms with Crippen LogP contribution < -0.4 is 10.1 Å². The number of carbonyl (C=O) groups is 2. The van der Waals surface area contributed by atoms with Gasteiger partial charge in [-0.05, 0) is 55.0 Å². The minimum Gasteiger partial charge on any atom is -0.466 e. The van der Waals surface area contributed by atoms with Gasteiger partial charge in [-0.3, -0.25) is 9.59 Å². The summed E-state index contributed by atoms with van der Waals surface area (Å²) < 4.78 is 10.8. The van der Waals surface area contributed by atoms with E-state index in [0.717, 1.165) is 5.56 Å². The molecule has 1 N–H and O–H groups in total. The molecule has 3 aromatic carbocycles. The number of amides is 1. The standard InChI is InChI=1S/C25H22N2O4/c1-2-30-24(28)16-23(19-7-4-3-5-8-19)27-25(29)20-9-6-10-22(15-20)31-21-13-11-18(17-26)12-14-21/h3-15,23H,2,16H2,1H3,(H,27,29). The van der Waals surface area contributed by atoms with E-state index in [1.807, 2.05) is 30.3 Å². The first-order valence-electron chi connectivity index (χ1n) is 9.88. The second-order valence-corrected chi connectivity index (χ2v) is 6.71. The highest BCUT2D eigenvalue weighted by Crippen LogP contribution is 2.24. The third-order valence-corrected chi connectivity index (χ3v) is 4.50. The van der Waals surface area contributed by atoms with E-state index in [2.05, 4.69) is 11.4 Å². The molecule has 156 valence electrons. The molecule has 0 aromatic heterocycles. The lowest BCUT2D eigenvalue weighted by Gasteiger charge is -2.19. The minimum absolute atomic E-state index is 0.0328. The van der Waals surface area contributed by atoms with Crippen LogP contribution >= 0.6 is 0 Å². The van der Waals surface area contributed by atoms with E-state index in [9.17, 15) is 9.59 Å². The van der Waals surface area contributed by atoms with Crippen molar-refractivity contribution < 1.29 is 19.1 Å². The summed E-state index contributed by atoms with van der Waals surface area (Å²) in [4.78, 5) is 24.9. The van der Waals surface area contributed by atoms with E-state index in [-0.39, 0.29) is 24.9 Å². The normalized spacial score (nSPS) is 11.1. The van der Waals surface area contributed by atoms with Gasteiger partial charge in [0, 0.05) is 5.56 Å². The minimum atomic E-state index is -0.518. The lowest BCUT2D eigenvalue weighted by atomic mass is 10.0. The molecule has 1 unspecified atom stereocenters. The molecule has 1 amide bonds. The maximum Gasteiger partial charge on any atom is 0.308 e. The number of rotatable bonds is 8. The topological polar surface area (TPSA) is 88.4 Å². The molecular formula is C25H22N2O4. The first-order chi connectivity index (χ1) is 15.1. The Hall–Kier alpha value is -4.11. The van der Waals surface area contributed by atoms with Crippen molar-refractivity contribution in [3.8, 4) is 17.6 Å². The van der Waals surface area contributed by atoms with Gasteiger partial charge in [0.1, 0.15) is 11.5 Å². The summed E-state index contributed by atoms with van der Waals surface area (Å²) >= 11 is 0. The Bertz CT molecular complexity index is 1070. The molecule has 0 fully saturated rings. The van der Waals surface area contributed by atoms with Crippen molar-refractivity contribution in [3.05, 3.63) is 95.6 Å². The highest BCUT2D eigenvalue weighted by Gasteiger charge is 2.20. The molecule has 0 saturated carbocycles. The molecule has 0 spiro atoms. The second-order valence-electron chi connectivity index (χ2n) is 6.71. The molecule has 0 aliphatic rings. The number of nitrogens with zero attached hydrogens (tertiary/aromatic N) is 1. The third-order valence-electron chi connectivity index (χ3n) is 4.50. The fraction of sp³-hybridized carbons (Fsp3) is 0.160. The maximum absolute atomic E-state index is 12.9. The Kier molecular flexibility index (Phi) is 7.39. The van der Waals surface area contributed by atoms with Crippen molar-refractivity contribution in [3.63, 3.8) is 0 Å². The van der Waals surface area contributed by atoms with Crippen molar-refractivity contribution in [2.45, 2.75) is 19.4 Å². The number of nitrogens with one attached hydrogen (secondary N) is 1. The zero-order valence-electron chi connectivity index (χ0n) is 17.1. The van der Waals surface area contributed by atoms with Crippen LogP contribution in [0.2, 0.25) is 0 Å². The van der Waals surface area contributed by atoms with Gasteiger partial charge in [-0.1, -0.05) is 36.4 Å². The van der Waals surface area contributed by atoms with Gasteiger partial charge in [-0.2, -0.15) is 5.26 Å². The predicted octanol–water partition coefficient (Wildman–Crippen LogP) is 4.77. The number of esters is 1. The van der Waals surface area contributed by atoms with Crippen molar-refractivity contribution in [2.24, 2.45) is 0 Å². The zero-order valence-corrected chi connectivity index (χ0v) is 17.1. The maximum atomic E-state index is 12.9. The van der Waals surface area contributed by atoms with Gasteiger partial charge in [0.15, 0.2) is 0 Å². The van der Waals surface area contributed by atoms with Crippen molar-refractivity contribution in [1.29, 1.82) is 5.26 Å². The van der Waals surface area contributed by atoms with Crippen molar-refractivity contribution in [2.75, 3.05) is 6.61 Å². The average molecular weight is 414 g/mol. The Morgan fingerprint density at radius 1 is 0.968 bits per heavy atom. The summed E-state index contributed by atoms with van der Waals surface area (Å²) in [6.45, 7) is 2.02. The van der Waals surface area contributed by atoms with Crippen molar-refractivity contribution in [1.82, 2.24) is 5.32 Å². The van der Waals surface area contributed by atoms with Gasteiger partial charge in [0.2, 0.25) is 0 Å². The number of ether oxygens (including phenoxy) is 2. The summed E-state index contributed by atoms with van der Waals surface area (Å²) in [7, 11) is 0. The van der Waals surface area contributed by atoms with E-state index < -0.39 is 6.04 Å². The van der Waals surface area contributed by atoms with Crippen LogP contribution in [0.3, 0.4) is 0 Å². The molecule has 6 nitrogen and oxygen atoms in total. The molecule has 0 aliphatic carbocycles. The van der Waals surface area contributed by atoms with Crippen LogP contribution in [0, 0.1) is 11.3 Å². The van der Waals surface area contributed by atoms with Gasteiger partial charge in [0.05, 0.1) is 30.7 Å². The molecule has 3 aromatic rings. The van der Waals surface area contributed by atoms with Crippen LogP contribution in [0.15, 0.2) is 78.9 Å². The van der Waals surface area contributed by atoms with E-state index in [1.165, 1.54) is 0 Å². The SMILES string of the molecule is CCOC(=O)CC(NC(=O)c1cccc(Oc2ccc(C#N)cc2)c1)c1ccccc1. The molecule has 0 saturated heterocycles. The van der Waals surface area contributed by atoms with E-state index in [0.29, 0.717) is 22.6 Å². The third kappa shape index (κ3) is 6.18. The lowest BCUT2D eigenvalue weighted by molar-refractivity contribution is -0.143. The molecule has 0 heterocycles. The zero-order chi connectivity index (χ0) is 22.1. The molecular weight excluding hydrogens is 392 g/mol. The highest BCUT2D eigenvalue weighted by molar-refractivity contribution is 5.95. The summed E-state index contributed by atoms with van der Waals surface area (Å²) in [6.07, 6.45) is 0.0328. The fourth-order valence-electron chi connectivity index (χ4n) is 3.00. The Balaban J connectivity index is 1.74. The fourth-order valence-corrected chi connectivity index (χ4v) is 3.00. The van der Waals surface area contributed by atoms with E-state index in [4.69, 9.17) is 14.7 Å². The number of carbonyl (C=O) groups excluding carboxylic acids is 2. The number of nitriles is 1. The number of hydrogen-bond donors (Lipinski definition) is 1. The van der Waals surface area contributed by atoms with Crippen LogP contribution in [0.5, 0.6) is 11.5 Å². The summed E-state index contributed by atoms with van der Waals surface area (Å²) in [5.74, 6) is 0.332. The Labute approximate surface area is 181 Å². The predicted molar refractivity (Wildman–Crippen MR) is 116 cm³/mol. The Morgan fingerprint density at radius 2 is 1.71 bits per heavy atom. The summed E-state index contributed by atoms with van der Waals surface area (Å²) in [6, 6.07) is 24.3. The molecule has 3 rings (SSSR count). The number of hydrogen-bond acceptors (Lipinski definition) is 5. The van der Waals surface area contributed by atoms with E-state index in [1.54, 1.807) is 55.5 Å². The Morgan fingerprint density at radius 3 is 2.39 bits per heavy atom. The van der Waals surface area contributed by atoms with Crippen LogP contribution in [-0.4, -0.2) is 18.5 Å².